The number of ether oxygens (including phenoxy) is 1. The molecule has 0 saturated carbocycles. The number of aryl methyl sites for hydroxylation is 1. The van der Waals surface area contributed by atoms with Gasteiger partial charge in [-0.2, -0.15) is 0 Å². The molecule has 2 aromatic carbocycles. The number of anilines is 2. The molecule has 0 aliphatic heterocycles. The molecule has 6 heteroatoms. The first kappa shape index (κ1) is 25.6. The molecule has 34 heavy (non-hydrogen) atoms. The minimum atomic E-state index is -1.01. The van der Waals surface area contributed by atoms with Crippen LogP contribution >= 0.6 is 0 Å². The zero-order chi connectivity index (χ0) is 24.7. The number of rotatable bonds is 9. The smallest absolute Gasteiger partial charge is 0.410 e. The van der Waals surface area contributed by atoms with Gasteiger partial charge in [0.15, 0.2) is 0 Å². The zero-order valence-electron chi connectivity index (χ0n) is 21.3. The Morgan fingerprint density at radius 1 is 0.971 bits per heavy atom. The number of nitrogens with zero attached hydrogens (tertiary/aromatic N) is 2. The van der Waals surface area contributed by atoms with Gasteiger partial charge in [-0.3, -0.25) is 9.69 Å². The van der Waals surface area contributed by atoms with Crippen LogP contribution in [-0.4, -0.2) is 48.7 Å². The number of fused-ring (bicyclic) bond motifs is 1. The van der Waals surface area contributed by atoms with E-state index in [2.05, 4.69) is 36.2 Å². The van der Waals surface area contributed by atoms with Crippen molar-refractivity contribution < 1.29 is 14.3 Å². The van der Waals surface area contributed by atoms with Crippen molar-refractivity contribution >= 4 is 23.4 Å². The van der Waals surface area contributed by atoms with Gasteiger partial charge >= 0.3 is 6.09 Å². The van der Waals surface area contributed by atoms with Crippen molar-refractivity contribution in [3.63, 3.8) is 0 Å². The second-order valence-corrected chi connectivity index (χ2v) is 9.37. The fourth-order valence-electron chi connectivity index (χ4n) is 4.78. The second-order valence-electron chi connectivity index (χ2n) is 9.37. The molecule has 0 radical (unpaired) electrons. The van der Waals surface area contributed by atoms with Gasteiger partial charge in [-0.1, -0.05) is 38.1 Å². The Hall–Kier alpha value is -3.02. The highest BCUT2D eigenvalue weighted by Crippen LogP contribution is 2.35. The summed E-state index contributed by atoms with van der Waals surface area (Å²) in [5.41, 5.74) is 3.19. The van der Waals surface area contributed by atoms with Crippen molar-refractivity contribution in [2.24, 2.45) is 5.92 Å². The average molecular weight is 466 g/mol. The molecule has 1 aliphatic carbocycles. The molecule has 0 bridgehead atoms. The van der Waals surface area contributed by atoms with Crippen LogP contribution in [0.3, 0.4) is 0 Å². The van der Waals surface area contributed by atoms with E-state index < -0.39 is 11.6 Å². The number of carbonyl (C=O) groups is 2. The molecule has 1 atom stereocenters. The Kier molecular flexibility index (Phi) is 8.59. The lowest BCUT2D eigenvalue weighted by Crippen LogP contribution is -2.62. The van der Waals surface area contributed by atoms with Crippen LogP contribution in [0.2, 0.25) is 0 Å². The van der Waals surface area contributed by atoms with Crippen LogP contribution in [0.25, 0.3) is 0 Å². The third kappa shape index (κ3) is 5.54. The molecule has 0 saturated heterocycles. The fraction of sp³-hybridized carbons (Fsp3) is 0.500. The standard InChI is InChI=1S/C28H39N3O3/c1-6-30(7-2)25-15-13-24(14-16-25)29-26(32)28(31(8-3)27(33)34-20-21(4)5)18-17-22-11-9-10-12-23(22)19-28/h9-16,21H,6-8,17-20H2,1-5H3,(H,29,32)/t28-/m1/s1. The number of benzene rings is 2. The van der Waals surface area contributed by atoms with Gasteiger partial charge in [0, 0.05) is 37.4 Å². The summed E-state index contributed by atoms with van der Waals surface area (Å²) in [5.74, 6) is 0.0600. The molecule has 184 valence electrons. The van der Waals surface area contributed by atoms with E-state index in [0.29, 0.717) is 26.0 Å². The summed E-state index contributed by atoms with van der Waals surface area (Å²) in [7, 11) is 0. The fourth-order valence-corrected chi connectivity index (χ4v) is 4.78. The van der Waals surface area contributed by atoms with E-state index in [1.807, 2.05) is 57.2 Å². The summed E-state index contributed by atoms with van der Waals surface area (Å²) in [6.45, 7) is 12.7. The SMILES string of the molecule is CCN(CC)c1ccc(NC(=O)[C@@]2(N(CC)C(=O)OCC(C)C)CCc3ccccc3C2)cc1. The van der Waals surface area contributed by atoms with E-state index in [-0.39, 0.29) is 11.8 Å². The van der Waals surface area contributed by atoms with Crippen molar-refractivity contribution in [3.05, 3.63) is 59.7 Å². The van der Waals surface area contributed by atoms with Crippen LogP contribution in [0.4, 0.5) is 16.2 Å². The summed E-state index contributed by atoms with van der Waals surface area (Å²) < 4.78 is 5.59. The molecular weight excluding hydrogens is 426 g/mol. The van der Waals surface area contributed by atoms with E-state index in [1.54, 1.807) is 4.90 Å². The van der Waals surface area contributed by atoms with E-state index in [0.717, 1.165) is 36.4 Å². The Morgan fingerprint density at radius 3 is 2.21 bits per heavy atom. The second kappa shape index (κ2) is 11.4. The van der Waals surface area contributed by atoms with Gasteiger partial charge in [-0.05, 0) is 74.9 Å². The predicted molar refractivity (Wildman–Crippen MR) is 138 cm³/mol. The van der Waals surface area contributed by atoms with Crippen LogP contribution < -0.4 is 10.2 Å². The highest BCUT2D eigenvalue weighted by atomic mass is 16.6. The molecular formula is C28H39N3O3. The Balaban J connectivity index is 1.90. The van der Waals surface area contributed by atoms with E-state index in [1.165, 1.54) is 5.56 Å². The molecule has 6 nitrogen and oxygen atoms in total. The van der Waals surface area contributed by atoms with Crippen molar-refractivity contribution in [2.45, 2.75) is 59.4 Å². The lowest BCUT2D eigenvalue weighted by atomic mass is 9.76. The monoisotopic (exact) mass is 465 g/mol. The maximum absolute atomic E-state index is 13.9. The van der Waals surface area contributed by atoms with Crippen LogP contribution in [-0.2, 0) is 22.4 Å². The summed E-state index contributed by atoms with van der Waals surface area (Å²) in [4.78, 5) is 30.9. The highest BCUT2D eigenvalue weighted by Gasteiger charge is 2.48. The number of hydrogen-bond acceptors (Lipinski definition) is 4. The van der Waals surface area contributed by atoms with Gasteiger partial charge in [-0.25, -0.2) is 4.79 Å². The quantitative estimate of drug-likeness (QED) is 0.530. The summed E-state index contributed by atoms with van der Waals surface area (Å²) in [6.07, 6.45) is 1.33. The van der Waals surface area contributed by atoms with E-state index in [4.69, 9.17) is 4.74 Å². The van der Waals surface area contributed by atoms with Crippen LogP contribution in [0.1, 0.15) is 52.2 Å². The van der Waals surface area contributed by atoms with E-state index in [9.17, 15) is 9.59 Å². The highest BCUT2D eigenvalue weighted by molar-refractivity contribution is 6.00. The first-order valence-electron chi connectivity index (χ1n) is 12.5. The largest absolute Gasteiger partial charge is 0.449 e. The zero-order valence-corrected chi connectivity index (χ0v) is 21.3. The lowest BCUT2D eigenvalue weighted by molar-refractivity contribution is -0.128. The number of carbonyl (C=O) groups excluding carboxylic acids is 2. The molecule has 2 amide bonds. The topological polar surface area (TPSA) is 61.9 Å². The number of nitrogens with one attached hydrogen (secondary N) is 1. The van der Waals surface area contributed by atoms with Gasteiger partial charge < -0.3 is 15.0 Å². The first-order chi connectivity index (χ1) is 16.3. The molecule has 0 unspecified atom stereocenters. The van der Waals surface area contributed by atoms with Crippen molar-refractivity contribution in [2.75, 3.05) is 36.5 Å². The van der Waals surface area contributed by atoms with Crippen LogP contribution in [0.5, 0.6) is 0 Å². The molecule has 1 aliphatic rings. The van der Waals surface area contributed by atoms with Crippen molar-refractivity contribution in [1.29, 1.82) is 0 Å². The average Bonchev–Trinajstić information content (AvgIpc) is 2.84. The molecule has 3 rings (SSSR count). The number of likely N-dealkylation sites (N-methyl/N-ethyl adjacent to an activating group) is 1. The Bertz CT molecular complexity index is 969. The molecule has 2 aromatic rings. The lowest BCUT2D eigenvalue weighted by Gasteiger charge is -2.44. The van der Waals surface area contributed by atoms with Gasteiger partial charge in [0.2, 0.25) is 0 Å². The van der Waals surface area contributed by atoms with Crippen molar-refractivity contribution in [1.82, 2.24) is 4.90 Å². The van der Waals surface area contributed by atoms with Crippen LogP contribution in [0.15, 0.2) is 48.5 Å². The maximum atomic E-state index is 13.9. The van der Waals surface area contributed by atoms with E-state index >= 15 is 0 Å². The number of amides is 2. The predicted octanol–water partition coefficient (Wildman–Crippen LogP) is 5.51. The Morgan fingerprint density at radius 2 is 1.62 bits per heavy atom. The third-order valence-corrected chi connectivity index (χ3v) is 6.68. The molecule has 0 spiro atoms. The molecule has 0 heterocycles. The molecule has 0 fully saturated rings. The minimum Gasteiger partial charge on any atom is -0.449 e. The van der Waals surface area contributed by atoms with Gasteiger partial charge in [0.05, 0.1) is 6.61 Å². The molecule has 1 N–H and O–H groups in total. The summed E-state index contributed by atoms with van der Waals surface area (Å²) in [6, 6.07) is 16.1. The molecule has 0 aromatic heterocycles. The minimum absolute atomic E-state index is 0.166. The first-order valence-corrected chi connectivity index (χ1v) is 12.5. The Labute approximate surface area is 204 Å². The van der Waals surface area contributed by atoms with Gasteiger partial charge in [0.1, 0.15) is 5.54 Å². The summed E-state index contributed by atoms with van der Waals surface area (Å²) in [5, 5.41) is 3.11. The third-order valence-electron chi connectivity index (χ3n) is 6.68. The van der Waals surface area contributed by atoms with Crippen LogP contribution in [0, 0.1) is 5.92 Å². The van der Waals surface area contributed by atoms with Crippen molar-refractivity contribution in [3.8, 4) is 0 Å². The van der Waals surface area contributed by atoms with Gasteiger partial charge in [-0.15, -0.1) is 0 Å². The maximum Gasteiger partial charge on any atom is 0.410 e. The normalized spacial score (nSPS) is 17.1. The summed E-state index contributed by atoms with van der Waals surface area (Å²) >= 11 is 0. The van der Waals surface area contributed by atoms with Gasteiger partial charge in [0.25, 0.3) is 5.91 Å². The number of hydrogen-bond donors (Lipinski definition) is 1.